The van der Waals surface area contributed by atoms with E-state index in [1.165, 1.54) is 0 Å². The molecule has 1 amide bonds. The first-order valence-corrected chi connectivity index (χ1v) is 12.2. The average Bonchev–Trinajstić information content (AvgIpc) is 3.34. The van der Waals surface area contributed by atoms with Crippen molar-refractivity contribution in [2.75, 3.05) is 20.2 Å². The maximum Gasteiger partial charge on any atom is 0.209 e. The summed E-state index contributed by atoms with van der Waals surface area (Å²) in [6.07, 6.45) is 2.36. The van der Waals surface area contributed by atoms with Crippen LogP contribution >= 0.6 is 0 Å². The lowest BCUT2D eigenvalue weighted by Gasteiger charge is -2.29. The highest BCUT2D eigenvalue weighted by Gasteiger charge is 2.21. The number of hydrogen-bond donors (Lipinski definition) is 1. The van der Waals surface area contributed by atoms with Crippen LogP contribution in [0.2, 0.25) is 0 Å². The molecule has 1 N–H and O–H groups in total. The van der Waals surface area contributed by atoms with Gasteiger partial charge in [0, 0.05) is 50.4 Å². The Morgan fingerprint density at radius 3 is 2.53 bits per heavy atom. The lowest BCUT2D eigenvalue weighted by molar-refractivity contribution is -0.128. The van der Waals surface area contributed by atoms with Crippen molar-refractivity contribution in [2.24, 2.45) is 0 Å². The molecule has 1 atom stereocenters. The average molecular weight is 484 g/mol. The van der Waals surface area contributed by atoms with Crippen LogP contribution in [0.3, 0.4) is 0 Å². The van der Waals surface area contributed by atoms with Crippen molar-refractivity contribution in [1.29, 1.82) is 0 Å². The quantitative estimate of drug-likeness (QED) is 0.348. The first-order chi connectivity index (χ1) is 17.6. The van der Waals surface area contributed by atoms with Crippen molar-refractivity contribution in [1.82, 2.24) is 15.1 Å². The second kappa shape index (κ2) is 10.7. The van der Waals surface area contributed by atoms with E-state index >= 15 is 0 Å². The molecule has 1 aliphatic heterocycles. The molecule has 7 heteroatoms. The van der Waals surface area contributed by atoms with Crippen LogP contribution in [0.1, 0.15) is 30.1 Å². The van der Waals surface area contributed by atoms with Crippen LogP contribution < -0.4 is 4.74 Å². The molecule has 4 aromatic rings. The number of H-pyrrole nitrogens is 1. The molecule has 1 aliphatic rings. The maximum atomic E-state index is 13.0. The zero-order valence-electron chi connectivity index (χ0n) is 20.2. The fourth-order valence-corrected chi connectivity index (χ4v) is 4.75. The maximum absolute atomic E-state index is 13.0. The summed E-state index contributed by atoms with van der Waals surface area (Å²) in [5, 5.41) is 8.59. The third kappa shape index (κ3) is 5.16. The van der Waals surface area contributed by atoms with E-state index in [-0.39, 0.29) is 18.3 Å². The Morgan fingerprint density at radius 1 is 1.08 bits per heavy atom. The number of hydrogen-bond acceptors (Lipinski definition) is 5. The molecule has 0 unspecified atom stereocenters. The summed E-state index contributed by atoms with van der Waals surface area (Å²) in [7, 11) is 1.56. The molecule has 0 bridgehead atoms. The fraction of sp³-hybridized carbons (Fsp3) is 0.276. The number of Topliss-reactive ketones (excluding diaryl/α,β-unsaturated/α-hetero) is 1. The molecule has 0 radical (unpaired) electrons. The van der Waals surface area contributed by atoms with Crippen LogP contribution in [-0.4, -0.2) is 53.6 Å². The Morgan fingerprint density at radius 2 is 1.83 bits per heavy atom. The van der Waals surface area contributed by atoms with Crippen LogP contribution in [0.4, 0.5) is 0 Å². The molecule has 3 aromatic carbocycles. The minimum absolute atomic E-state index is 0.00794. The Labute approximate surface area is 210 Å². The summed E-state index contributed by atoms with van der Waals surface area (Å²) in [5.41, 5.74) is 4.47. The van der Waals surface area contributed by atoms with Gasteiger partial charge in [0.1, 0.15) is 18.0 Å². The number of ketones is 1. The molecule has 0 aliphatic carbocycles. The van der Waals surface area contributed by atoms with E-state index in [1.807, 2.05) is 72.8 Å². The topological polar surface area (TPSA) is 84.5 Å². The predicted molar refractivity (Wildman–Crippen MR) is 138 cm³/mol. The SMILES string of the molecule is CO[C@@H](C(=O)Cc1ccc2[nH]nc(-c3ccc(OC4CCN(C=O)CC4)cc3)c2c1)c1ccccc1. The molecule has 1 fully saturated rings. The molecule has 0 saturated carbocycles. The van der Waals surface area contributed by atoms with Gasteiger partial charge in [0.05, 0.1) is 11.2 Å². The van der Waals surface area contributed by atoms with Gasteiger partial charge >= 0.3 is 0 Å². The van der Waals surface area contributed by atoms with Gasteiger partial charge in [-0.1, -0.05) is 36.4 Å². The Kier molecular flexibility index (Phi) is 7.09. The fourth-order valence-electron chi connectivity index (χ4n) is 4.75. The standard InChI is InChI=1S/C29H29N3O4/c1-35-29(22-5-3-2-4-6-22)27(34)18-20-7-12-26-25(17-20)28(31-30-26)21-8-10-23(11-9-21)36-24-13-15-32(19-33)16-14-24/h2-12,17,19,24,29H,13-16,18H2,1H3,(H,30,31)/t29-/m1/s1. The number of nitrogens with zero attached hydrogens (tertiary/aromatic N) is 2. The van der Waals surface area contributed by atoms with Crippen molar-refractivity contribution in [3.8, 4) is 17.0 Å². The van der Waals surface area contributed by atoms with Crippen LogP contribution in [0, 0.1) is 0 Å². The molecular formula is C29H29N3O4. The van der Waals surface area contributed by atoms with Crippen molar-refractivity contribution in [3.05, 3.63) is 83.9 Å². The minimum Gasteiger partial charge on any atom is -0.490 e. The number of ether oxygens (including phenoxy) is 2. The number of carbonyl (C=O) groups is 2. The normalized spacial score (nSPS) is 15.1. The van der Waals surface area contributed by atoms with Gasteiger partial charge in [-0.15, -0.1) is 0 Å². The number of benzene rings is 3. The largest absolute Gasteiger partial charge is 0.490 e. The Bertz CT molecular complexity index is 1330. The first kappa shape index (κ1) is 23.8. The third-order valence-corrected chi connectivity index (χ3v) is 6.69. The number of aromatic nitrogens is 2. The Balaban J connectivity index is 1.30. The molecule has 2 heterocycles. The molecule has 5 rings (SSSR count). The molecular weight excluding hydrogens is 454 g/mol. The summed E-state index contributed by atoms with van der Waals surface area (Å²) >= 11 is 0. The van der Waals surface area contributed by atoms with E-state index in [2.05, 4.69) is 10.2 Å². The van der Waals surface area contributed by atoms with Gasteiger partial charge in [-0.3, -0.25) is 14.7 Å². The van der Waals surface area contributed by atoms with Gasteiger partial charge in [-0.25, -0.2) is 0 Å². The summed E-state index contributed by atoms with van der Waals surface area (Å²) in [5.74, 6) is 0.814. The third-order valence-electron chi connectivity index (χ3n) is 6.69. The van der Waals surface area contributed by atoms with E-state index in [9.17, 15) is 9.59 Å². The highest BCUT2D eigenvalue weighted by atomic mass is 16.5. The second-order valence-electron chi connectivity index (χ2n) is 9.10. The lowest BCUT2D eigenvalue weighted by Crippen LogP contribution is -2.37. The van der Waals surface area contributed by atoms with E-state index < -0.39 is 6.10 Å². The van der Waals surface area contributed by atoms with Crippen LogP contribution in [0.25, 0.3) is 22.2 Å². The highest BCUT2D eigenvalue weighted by molar-refractivity contribution is 5.94. The number of nitrogens with one attached hydrogen (secondary N) is 1. The van der Waals surface area contributed by atoms with Gasteiger partial charge in [0.2, 0.25) is 6.41 Å². The van der Waals surface area contributed by atoms with Crippen LogP contribution in [-0.2, 0) is 20.7 Å². The summed E-state index contributed by atoms with van der Waals surface area (Å²) in [6, 6.07) is 23.4. The zero-order valence-corrected chi connectivity index (χ0v) is 20.2. The number of amides is 1. The minimum atomic E-state index is -0.594. The van der Waals surface area contributed by atoms with Crippen LogP contribution in [0.5, 0.6) is 5.75 Å². The number of methoxy groups -OCH3 is 1. The summed E-state index contributed by atoms with van der Waals surface area (Å²) < 4.78 is 11.6. The van der Waals surface area contributed by atoms with Gasteiger partial charge in [0.25, 0.3) is 0 Å². The number of fused-ring (bicyclic) bond motifs is 1. The molecule has 36 heavy (non-hydrogen) atoms. The van der Waals surface area contributed by atoms with Gasteiger partial charge in [-0.05, 0) is 47.5 Å². The number of aromatic amines is 1. The second-order valence-corrected chi connectivity index (χ2v) is 9.10. The van der Waals surface area contributed by atoms with Crippen LogP contribution in [0.15, 0.2) is 72.8 Å². The van der Waals surface area contributed by atoms with E-state index in [4.69, 9.17) is 9.47 Å². The molecule has 7 nitrogen and oxygen atoms in total. The number of likely N-dealkylation sites (tertiary alicyclic amines) is 1. The first-order valence-electron chi connectivity index (χ1n) is 12.2. The van der Waals surface area contributed by atoms with Crippen molar-refractivity contribution in [3.63, 3.8) is 0 Å². The van der Waals surface area contributed by atoms with Gasteiger partial charge in [0.15, 0.2) is 5.78 Å². The number of carbonyl (C=O) groups excluding carboxylic acids is 2. The van der Waals surface area contributed by atoms with E-state index in [0.717, 1.165) is 71.4 Å². The van der Waals surface area contributed by atoms with E-state index in [1.54, 1.807) is 12.0 Å². The molecule has 1 aromatic heterocycles. The Hall–Kier alpha value is -3.97. The lowest BCUT2D eigenvalue weighted by atomic mass is 9.98. The highest BCUT2D eigenvalue weighted by Crippen LogP contribution is 2.30. The summed E-state index contributed by atoms with van der Waals surface area (Å²) in [6.45, 7) is 1.46. The van der Waals surface area contributed by atoms with Crippen molar-refractivity contribution in [2.45, 2.75) is 31.5 Å². The smallest absolute Gasteiger partial charge is 0.209 e. The van der Waals surface area contributed by atoms with Gasteiger partial charge in [-0.2, -0.15) is 5.10 Å². The zero-order chi connectivity index (χ0) is 24.9. The predicted octanol–water partition coefficient (Wildman–Crippen LogP) is 4.73. The van der Waals surface area contributed by atoms with Crippen molar-refractivity contribution < 1.29 is 19.1 Å². The summed E-state index contributed by atoms with van der Waals surface area (Å²) in [4.78, 5) is 25.7. The van der Waals surface area contributed by atoms with E-state index in [0.29, 0.717) is 0 Å². The molecule has 184 valence electrons. The van der Waals surface area contributed by atoms with Crippen molar-refractivity contribution >= 4 is 23.1 Å². The number of rotatable bonds is 9. The molecule has 0 spiro atoms. The van der Waals surface area contributed by atoms with Gasteiger partial charge < -0.3 is 14.4 Å². The molecule has 1 saturated heterocycles. The number of piperidine rings is 1. The monoisotopic (exact) mass is 483 g/mol.